The van der Waals surface area contributed by atoms with E-state index in [-0.39, 0.29) is 18.0 Å². The molecule has 2 N–H and O–H groups in total. The first-order chi connectivity index (χ1) is 18.2. The highest BCUT2D eigenvalue weighted by Gasteiger charge is 2.27. The number of rotatable bonds is 4. The number of nitrogens with one attached hydrogen (secondary N) is 2. The van der Waals surface area contributed by atoms with Crippen LogP contribution in [-0.4, -0.2) is 79.4 Å². The quantitative estimate of drug-likeness (QED) is 0.568. The molecule has 3 saturated heterocycles. The zero-order valence-electron chi connectivity index (χ0n) is 20.7. The van der Waals surface area contributed by atoms with Gasteiger partial charge in [-0.05, 0) is 55.3 Å². The molecular weight excluding hydrogens is 470 g/mol. The molecule has 3 aliphatic heterocycles. The van der Waals surface area contributed by atoms with Gasteiger partial charge >= 0.3 is 12.1 Å². The number of aromatic nitrogens is 2. The lowest BCUT2D eigenvalue weighted by Crippen LogP contribution is -2.40. The van der Waals surface area contributed by atoms with Gasteiger partial charge in [-0.1, -0.05) is 0 Å². The highest BCUT2D eigenvalue weighted by Crippen LogP contribution is 2.33. The summed E-state index contributed by atoms with van der Waals surface area (Å²) >= 11 is 0. The molecule has 0 atom stereocenters. The molecule has 0 aliphatic carbocycles. The van der Waals surface area contributed by atoms with E-state index in [2.05, 4.69) is 37.6 Å². The van der Waals surface area contributed by atoms with Crippen molar-refractivity contribution in [1.82, 2.24) is 20.2 Å². The van der Waals surface area contributed by atoms with Crippen LogP contribution in [0, 0.1) is 0 Å². The van der Waals surface area contributed by atoms with Crippen molar-refractivity contribution in [3.05, 3.63) is 54.5 Å². The average molecular weight is 502 g/mol. The molecule has 10 heteroatoms. The van der Waals surface area contributed by atoms with Gasteiger partial charge in [0, 0.05) is 67.6 Å². The van der Waals surface area contributed by atoms with E-state index >= 15 is 0 Å². The molecule has 4 amide bonds. The molecule has 3 fully saturated rings. The molecule has 3 aliphatic rings. The second-order valence-corrected chi connectivity index (χ2v) is 9.68. The van der Waals surface area contributed by atoms with Crippen LogP contribution in [0.4, 0.5) is 26.7 Å². The molecule has 37 heavy (non-hydrogen) atoms. The molecule has 0 unspecified atom stereocenters. The summed E-state index contributed by atoms with van der Waals surface area (Å²) in [5, 5.41) is 6.89. The van der Waals surface area contributed by atoms with Crippen LogP contribution in [0.15, 0.2) is 48.8 Å². The molecule has 3 aromatic rings. The second kappa shape index (κ2) is 10.2. The summed E-state index contributed by atoms with van der Waals surface area (Å²) in [7, 11) is 0. The van der Waals surface area contributed by atoms with Gasteiger partial charge in [0.25, 0.3) is 0 Å². The van der Waals surface area contributed by atoms with Gasteiger partial charge in [0.2, 0.25) is 0 Å². The minimum absolute atomic E-state index is 0.0707. The fraction of sp³-hybridized carbons (Fsp3) is 0.407. The molecule has 0 spiro atoms. The third-order valence-corrected chi connectivity index (χ3v) is 7.48. The highest BCUT2D eigenvalue weighted by molar-refractivity contribution is 5.96. The second-order valence-electron chi connectivity index (χ2n) is 9.68. The highest BCUT2D eigenvalue weighted by atomic mass is 16.5. The Hall–Kier alpha value is -3.92. The lowest BCUT2D eigenvalue weighted by Gasteiger charge is -2.32. The minimum atomic E-state index is -0.0766. The van der Waals surface area contributed by atoms with E-state index in [1.807, 2.05) is 35.2 Å². The van der Waals surface area contributed by atoms with Gasteiger partial charge in [0.15, 0.2) is 0 Å². The number of fused-ring (bicyclic) bond motifs is 1. The molecule has 4 heterocycles. The lowest BCUT2D eigenvalue weighted by molar-refractivity contribution is 0.122. The van der Waals surface area contributed by atoms with Crippen molar-refractivity contribution in [3.63, 3.8) is 0 Å². The van der Waals surface area contributed by atoms with Crippen molar-refractivity contribution < 1.29 is 14.3 Å². The van der Waals surface area contributed by atoms with Crippen molar-refractivity contribution in [1.29, 1.82) is 0 Å². The number of carbonyl (C=O) groups is 2. The number of nitrogens with zero attached hydrogens (tertiary/aromatic N) is 5. The summed E-state index contributed by atoms with van der Waals surface area (Å²) in [6.07, 6.45) is 3.28. The van der Waals surface area contributed by atoms with Gasteiger partial charge in [-0.15, -0.1) is 0 Å². The number of carbonyl (C=O) groups excluding carboxylic acids is 2. The number of hydrogen-bond acceptors (Lipinski definition) is 6. The van der Waals surface area contributed by atoms with E-state index < -0.39 is 0 Å². The maximum absolute atomic E-state index is 12.9. The Morgan fingerprint density at radius 2 is 1.70 bits per heavy atom. The Kier molecular flexibility index (Phi) is 6.48. The fourth-order valence-corrected chi connectivity index (χ4v) is 5.41. The number of likely N-dealkylation sites (tertiary alicyclic amines) is 1. The molecule has 2 aromatic carbocycles. The number of amides is 4. The normalized spacial score (nSPS) is 18.8. The van der Waals surface area contributed by atoms with Gasteiger partial charge in [-0.2, -0.15) is 0 Å². The van der Waals surface area contributed by atoms with Gasteiger partial charge < -0.3 is 25.2 Å². The zero-order chi connectivity index (χ0) is 25.2. The first-order valence-corrected chi connectivity index (χ1v) is 12.9. The summed E-state index contributed by atoms with van der Waals surface area (Å²) in [6.45, 7) is 5.91. The number of anilines is 3. The van der Waals surface area contributed by atoms with Crippen molar-refractivity contribution in [2.75, 3.05) is 67.6 Å². The van der Waals surface area contributed by atoms with Crippen molar-refractivity contribution >= 4 is 40.0 Å². The molecule has 0 radical (unpaired) electrons. The van der Waals surface area contributed by atoms with Crippen LogP contribution in [-0.2, 0) is 4.74 Å². The summed E-state index contributed by atoms with van der Waals surface area (Å²) in [4.78, 5) is 40.0. The molecular formula is C27H31N7O3. The maximum atomic E-state index is 12.9. The smallest absolute Gasteiger partial charge is 0.321 e. The van der Waals surface area contributed by atoms with Crippen molar-refractivity contribution in [3.8, 4) is 0 Å². The SMILES string of the molecule is O=C(Nc1ccc(N2CCOCC2)cc1)N1CCC(c2ncnc3cc(N4CCNC4=O)ccc23)CC1. The van der Waals surface area contributed by atoms with Crippen LogP contribution in [0.3, 0.4) is 0 Å². The van der Waals surface area contributed by atoms with Gasteiger partial charge in [-0.25, -0.2) is 19.6 Å². The number of hydrogen-bond donors (Lipinski definition) is 2. The van der Waals surface area contributed by atoms with Gasteiger partial charge in [-0.3, -0.25) is 4.90 Å². The zero-order valence-corrected chi connectivity index (χ0v) is 20.7. The van der Waals surface area contributed by atoms with Crippen molar-refractivity contribution in [2.24, 2.45) is 0 Å². The Bertz CT molecular complexity index is 1280. The predicted molar refractivity (Wildman–Crippen MR) is 142 cm³/mol. The molecule has 192 valence electrons. The molecule has 0 bridgehead atoms. The standard InChI is InChI=1S/C27H31N7O3/c35-26-28-9-12-34(26)22-5-6-23-24(17-22)29-18-30-25(23)19-7-10-33(11-8-19)27(36)31-20-1-3-21(4-2-20)32-13-15-37-16-14-32/h1-6,17-19H,7-16H2,(H,28,35)(H,31,36). The topological polar surface area (TPSA) is 103 Å². The van der Waals surface area contributed by atoms with E-state index in [1.54, 1.807) is 11.2 Å². The minimum Gasteiger partial charge on any atom is -0.378 e. The van der Waals surface area contributed by atoms with Crippen LogP contribution in [0.2, 0.25) is 0 Å². The number of morpholine rings is 1. The van der Waals surface area contributed by atoms with E-state index in [0.717, 1.165) is 72.8 Å². The Morgan fingerprint density at radius 1 is 0.946 bits per heavy atom. The van der Waals surface area contributed by atoms with Gasteiger partial charge in [0.05, 0.1) is 24.4 Å². The predicted octanol–water partition coefficient (Wildman–Crippen LogP) is 3.41. The Labute approximate surface area is 215 Å². The third kappa shape index (κ3) is 4.89. The van der Waals surface area contributed by atoms with Crippen LogP contribution in [0.5, 0.6) is 0 Å². The molecule has 6 rings (SSSR count). The largest absolute Gasteiger partial charge is 0.378 e. The summed E-state index contributed by atoms with van der Waals surface area (Å²) in [6, 6.07) is 13.8. The van der Waals surface area contributed by atoms with E-state index in [0.29, 0.717) is 26.2 Å². The molecule has 1 aromatic heterocycles. The van der Waals surface area contributed by atoms with E-state index in [4.69, 9.17) is 4.74 Å². The van der Waals surface area contributed by atoms with E-state index in [9.17, 15) is 9.59 Å². The monoisotopic (exact) mass is 501 g/mol. The maximum Gasteiger partial charge on any atom is 0.321 e. The van der Waals surface area contributed by atoms with E-state index in [1.165, 1.54) is 0 Å². The number of benzene rings is 2. The van der Waals surface area contributed by atoms with Crippen LogP contribution < -0.4 is 20.4 Å². The van der Waals surface area contributed by atoms with Crippen LogP contribution >= 0.6 is 0 Å². The van der Waals surface area contributed by atoms with Crippen molar-refractivity contribution in [2.45, 2.75) is 18.8 Å². The summed E-state index contributed by atoms with van der Waals surface area (Å²) in [5.74, 6) is 0.253. The third-order valence-electron chi connectivity index (χ3n) is 7.48. The first-order valence-electron chi connectivity index (χ1n) is 12.9. The van der Waals surface area contributed by atoms with Crippen LogP contribution in [0.1, 0.15) is 24.5 Å². The lowest BCUT2D eigenvalue weighted by atomic mass is 9.91. The van der Waals surface area contributed by atoms with Gasteiger partial charge in [0.1, 0.15) is 6.33 Å². The van der Waals surface area contributed by atoms with Crippen LogP contribution in [0.25, 0.3) is 10.9 Å². The average Bonchev–Trinajstić information content (AvgIpc) is 3.39. The number of urea groups is 2. The molecule has 0 saturated carbocycles. The number of ether oxygens (including phenoxy) is 1. The fourth-order valence-electron chi connectivity index (χ4n) is 5.41. The Morgan fingerprint density at radius 3 is 2.43 bits per heavy atom. The Balaban J connectivity index is 1.08. The summed E-state index contributed by atoms with van der Waals surface area (Å²) < 4.78 is 5.42. The summed E-state index contributed by atoms with van der Waals surface area (Å²) in [5.41, 5.74) is 4.64. The number of piperidine rings is 1. The first kappa shape index (κ1) is 23.5. The molecule has 10 nitrogen and oxygen atoms in total.